The number of aromatic nitrogens is 1. The summed E-state index contributed by atoms with van der Waals surface area (Å²) in [5.74, 6) is 0.519. The topological polar surface area (TPSA) is 48.1 Å². The maximum absolute atomic E-state index is 6.04. The molecule has 0 aliphatic heterocycles. The normalized spacial score (nSPS) is 25.4. The predicted octanol–water partition coefficient (Wildman–Crippen LogP) is 3.15. The summed E-state index contributed by atoms with van der Waals surface area (Å²) >= 11 is 9.35. The molecule has 1 aliphatic carbocycles. The van der Waals surface area contributed by atoms with Crippen molar-refractivity contribution in [1.82, 2.24) is 4.98 Å². The van der Waals surface area contributed by atoms with E-state index in [1.807, 2.05) is 0 Å². The predicted molar refractivity (Wildman–Crippen MR) is 67.8 cm³/mol. The van der Waals surface area contributed by atoms with Gasteiger partial charge in [0.25, 0.3) is 0 Å². The fourth-order valence-corrected chi connectivity index (χ4v) is 2.53. The van der Waals surface area contributed by atoms with Gasteiger partial charge in [0.1, 0.15) is 11.1 Å². The van der Waals surface area contributed by atoms with Gasteiger partial charge in [0, 0.05) is 16.7 Å². The molecule has 1 fully saturated rings. The van der Waals surface area contributed by atoms with Crippen molar-refractivity contribution in [3.8, 4) is 5.88 Å². The SMILES string of the molecule is NC1CCC(Oc2ncc(Br)cc2Cl)CC1. The first-order chi connectivity index (χ1) is 7.65. The number of hydrogen-bond acceptors (Lipinski definition) is 3. The first-order valence-corrected chi connectivity index (χ1v) is 6.55. The molecule has 0 saturated heterocycles. The minimum absolute atomic E-state index is 0.200. The molecule has 0 spiro atoms. The lowest BCUT2D eigenvalue weighted by atomic mass is 9.94. The first-order valence-electron chi connectivity index (χ1n) is 5.38. The summed E-state index contributed by atoms with van der Waals surface area (Å²) in [5.41, 5.74) is 5.84. The summed E-state index contributed by atoms with van der Waals surface area (Å²) in [5, 5.41) is 0.546. The van der Waals surface area contributed by atoms with Gasteiger partial charge in [-0.3, -0.25) is 0 Å². The van der Waals surface area contributed by atoms with Crippen LogP contribution in [0.4, 0.5) is 0 Å². The van der Waals surface area contributed by atoms with Crippen LogP contribution < -0.4 is 10.5 Å². The second-order valence-corrected chi connectivity index (χ2v) is 5.42. The molecule has 5 heteroatoms. The maximum atomic E-state index is 6.04. The lowest BCUT2D eigenvalue weighted by Crippen LogP contribution is -2.31. The minimum Gasteiger partial charge on any atom is -0.473 e. The van der Waals surface area contributed by atoms with Gasteiger partial charge in [-0.1, -0.05) is 11.6 Å². The van der Waals surface area contributed by atoms with Crippen LogP contribution in [0.1, 0.15) is 25.7 Å². The highest BCUT2D eigenvalue weighted by Gasteiger charge is 2.21. The van der Waals surface area contributed by atoms with Gasteiger partial charge in [-0.25, -0.2) is 4.98 Å². The summed E-state index contributed by atoms with van der Waals surface area (Å²) in [6, 6.07) is 2.12. The average Bonchev–Trinajstić information content (AvgIpc) is 2.25. The Kier molecular flexibility index (Phi) is 4.05. The summed E-state index contributed by atoms with van der Waals surface area (Å²) in [4.78, 5) is 4.16. The molecule has 0 atom stereocenters. The molecule has 1 aliphatic rings. The Morgan fingerprint density at radius 2 is 2.06 bits per heavy atom. The van der Waals surface area contributed by atoms with E-state index in [2.05, 4.69) is 20.9 Å². The van der Waals surface area contributed by atoms with E-state index in [9.17, 15) is 0 Å². The Bertz CT molecular complexity index is 367. The molecule has 0 unspecified atom stereocenters. The third kappa shape index (κ3) is 3.09. The third-order valence-corrected chi connectivity index (χ3v) is 3.48. The molecule has 1 aromatic rings. The molecule has 2 rings (SSSR count). The molecule has 0 aromatic carbocycles. The fourth-order valence-electron chi connectivity index (χ4n) is 1.85. The van der Waals surface area contributed by atoms with Crippen LogP contribution in [0.15, 0.2) is 16.7 Å². The Labute approximate surface area is 108 Å². The van der Waals surface area contributed by atoms with E-state index in [0.29, 0.717) is 16.9 Å². The number of pyridine rings is 1. The van der Waals surface area contributed by atoms with Gasteiger partial charge in [-0.05, 0) is 47.7 Å². The number of rotatable bonds is 2. The van der Waals surface area contributed by atoms with Crippen molar-refractivity contribution >= 4 is 27.5 Å². The number of nitrogens with zero attached hydrogens (tertiary/aromatic N) is 1. The lowest BCUT2D eigenvalue weighted by molar-refractivity contribution is 0.141. The summed E-state index contributed by atoms with van der Waals surface area (Å²) in [6.45, 7) is 0. The van der Waals surface area contributed by atoms with Crippen molar-refractivity contribution in [2.45, 2.75) is 37.8 Å². The molecule has 0 amide bonds. The standard InChI is InChI=1S/C11H14BrClN2O/c12-7-5-10(13)11(15-6-7)16-9-3-1-8(14)2-4-9/h5-6,8-9H,1-4,14H2. The first kappa shape index (κ1) is 12.1. The van der Waals surface area contributed by atoms with E-state index >= 15 is 0 Å². The van der Waals surface area contributed by atoms with Gasteiger partial charge in [0.05, 0.1) is 0 Å². The monoisotopic (exact) mass is 304 g/mol. The van der Waals surface area contributed by atoms with Crippen LogP contribution >= 0.6 is 27.5 Å². The molecule has 0 bridgehead atoms. The van der Waals surface area contributed by atoms with Gasteiger partial charge >= 0.3 is 0 Å². The maximum Gasteiger partial charge on any atom is 0.232 e. The van der Waals surface area contributed by atoms with E-state index in [0.717, 1.165) is 30.2 Å². The quantitative estimate of drug-likeness (QED) is 0.913. The Hall–Kier alpha value is -0.320. The number of nitrogens with two attached hydrogens (primary N) is 1. The average molecular weight is 306 g/mol. The van der Waals surface area contributed by atoms with Crippen LogP contribution in [-0.4, -0.2) is 17.1 Å². The van der Waals surface area contributed by atoms with Gasteiger partial charge in [0.2, 0.25) is 5.88 Å². The van der Waals surface area contributed by atoms with Crippen molar-refractivity contribution in [3.63, 3.8) is 0 Å². The summed E-state index contributed by atoms with van der Waals surface area (Å²) in [6.07, 6.45) is 5.88. The molecule has 3 nitrogen and oxygen atoms in total. The zero-order valence-electron chi connectivity index (χ0n) is 8.83. The Morgan fingerprint density at radius 1 is 1.38 bits per heavy atom. The van der Waals surface area contributed by atoms with E-state index < -0.39 is 0 Å². The third-order valence-electron chi connectivity index (χ3n) is 2.77. The van der Waals surface area contributed by atoms with Crippen LogP contribution in [0.3, 0.4) is 0 Å². The van der Waals surface area contributed by atoms with Crippen LogP contribution in [0.25, 0.3) is 0 Å². The highest BCUT2D eigenvalue weighted by atomic mass is 79.9. The van der Waals surface area contributed by atoms with E-state index in [-0.39, 0.29) is 6.10 Å². The molecule has 88 valence electrons. The van der Waals surface area contributed by atoms with Gasteiger partial charge in [0.15, 0.2) is 0 Å². The highest BCUT2D eigenvalue weighted by Crippen LogP contribution is 2.28. The van der Waals surface area contributed by atoms with Crippen molar-refractivity contribution in [1.29, 1.82) is 0 Å². The smallest absolute Gasteiger partial charge is 0.232 e. The molecule has 1 heterocycles. The lowest BCUT2D eigenvalue weighted by Gasteiger charge is -2.26. The van der Waals surface area contributed by atoms with Gasteiger partial charge < -0.3 is 10.5 Å². The zero-order chi connectivity index (χ0) is 11.5. The zero-order valence-corrected chi connectivity index (χ0v) is 11.2. The van der Waals surface area contributed by atoms with Crippen molar-refractivity contribution in [3.05, 3.63) is 21.8 Å². The highest BCUT2D eigenvalue weighted by molar-refractivity contribution is 9.10. The second-order valence-electron chi connectivity index (χ2n) is 4.10. The van der Waals surface area contributed by atoms with Crippen LogP contribution in [0.2, 0.25) is 5.02 Å². The van der Waals surface area contributed by atoms with Gasteiger partial charge in [-0.15, -0.1) is 0 Å². The minimum atomic E-state index is 0.200. The van der Waals surface area contributed by atoms with Crippen LogP contribution in [-0.2, 0) is 0 Å². The molecule has 0 radical (unpaired) electrons. The Balaban J connectivity index is 1.98. The van der Waals surface area contributed by atoms with Crippen molar-refractivity contribution in [2.24, 2.45) is 5.73 Å². The molecule has 1 saturated carbocycles. The van der Waals surface area contributed by atoms with Crippen LogP contribution in [0, 0.1) is 0 Å². The molecule has 2 N–H and O–H groups in total. The molecular weight excluding hydrogens is 291 g/mol. The fraction of sp³-hybridized carbons (Fsp3) is 0.545. The largest absolute Gasteiger partial charge is 0.473 e. The van der Waals surface area contributed by atoms with Crippen LogP contribution in [0.5, 0.6) is 5.88 Å². The number of halogens is 2. The van der Waals surface area contributed by atoms with E-state index in [1.165, 1.54) is 0 Å². The van der Waals surface area contributed by atoms with E-state index in [4.69, 9.17) is 22.1 Å². The Morgan fingerprint density at radius 3 is 2.69 bits per heavy atom. The molecular formula is C11H14BrClN2O. The summed E-state index contributed by atoms with van der Waals surface area (Å²) in [7, 11) is 0. The second kappa shape index (κ2) is 5.34. The summed E-state index contributed by atoms with van der Waals surface area (Å²) < 4.78 is 6.63. The van der Waals surface area contributed by atoms with Gasteiger partial charge in [-0.2, -0.15) is 0 Å². The van der Waals surface area contributed by atoms with Crippen molar-refractivity contribution < 1.29 is 4.74 Å². The number of ether oxygens (including phenoxy) is 1. The van der Waals surface area contributed by atoms with E-state index in [1.54, 1.807) is 12.3 Å². The molecule has 16 heavy (non-hydrogen) atoms. The molecule has 1 aromatic heterocycles. The number of hydrogen-bond donors (Lipinski definition) is 1. The van der Waals surface area contributed by atoms with Crippen molar-refractivity contribution in [2.75, 3.05) is 0 Å².